The molecule has 0 radical (unpaired) electrons. The number of hydrogen-bond acceptors (Lipinski definition) is 3. The molecule has 96 valence electrons. The van der Waals surface area contributed by atoms with E-state index in [9.17, 15) is 9.59 Å². The summed E-state index contributed by atoms with van der Waals surface area (Å²) in [5.41, 5.74) is 6.44. The van der Waals surface area contributed by atoms with Crippen LogP contribution in [0.5, 0.6) is 0 Å². The van der Waals surface area contributed by atoms with E-state index in [0.717, 1.165) is 6.42 Å². The first-order chi connectivity index (χ1) is 8.72. The third-order valence-electron chi connectivity index (χ3n) is 2.97. The minimum atomic E-state index is -0.612. The Labute approximate surface area is 106 Å². The number of carbonyl (C=O) groups excluding carboxylic acids is 2. The van der Waals surface area contributed by atoms with Gasteiger partial charge in [0.25, 0.3) is 0 Å². The Bertz CT molecular complexity index is 433. The Kier molecular flexibility index (Phi) is 3.94. The smallest absolute Gasteiger partial charge is 0.309 e. The molecular weight excluding hydrogens is 230 g/mol. The largest absolute Gasteiger partial charge is 0.347 e. The summed E-state index contributed by atoms with van der Waals surface area (Å²) in [6.07, 6.45) is 0.889. The molecule has 5 nitrogen and oxygen atoms in total. The molecule has 1 aromatic carbocycles. The van der Waals surface area contributed by atoms with E-state index in [1.807, 2.05) is 30.3 Å². The molecule has 1 aliphatic rings. The van der Waals surface area contributed by atoms with Gasteiger partial charge in [-0.05, 0) is 12.0 Å². The minimum absolute atomic E-state index is 0.0727. The quantitative estimate of drug-likeness (QED) is 0.641. The topological polar surface area (TPSA) is 84.2 Å². The number of nitrogens with one attached hydrogen (secondary N) is 2. The molecule has 2 unspecified atom stereocenters. The maximum atomic E-state index is 11.5. The van der Waals surface area contributed by atoms with E-state index in [2.05, 4.69) is 10.6 Å². The van der Waals surface area contributed by atoms with Crippen molar-refractivity contribution in [2.24, 2.45) is 5.73 Å². The van der Waals surface area contributed by atoms with Crippen LogP contribution in [0.15, 0.2) is 30.3 Å². The Balaban J connectivity index is 1.79. The van der Waals surface area contributed by atoms with Gasteiger partial charge in [-0.15, -0.1) is 0 Å². The molecule has 0 aliphatic heterocycles. The Morgan fingerprint density at radius 3 is 2.61 bits per heavy atom. The van der Waals surface area contributed by atoms with Gasteiger partial charge in [-0.1, -0.05) is 30.3 Å². The second-order valence-electron chi connectivity index (χ2n) is 4.38. The van der Waals surface area contributed by atoms with E-state index >= 15 is 0 Å². The predicted molar refractivity (Wildman–Crippen MR) is 67.8 cm³/mol. The highest BCUT2D eigenvalue weighted by Gasteiger charge is 2.40. The summed E-state index contributed by atoms with van der Waals surface area (Å²) < 4.78 is 0. The number of carbonyl (C=O) groups is 2. The second kappa shape index (κ2) is 5.64. The molecule has 0 saturated heterocycles. The van der Waals surface area contributed by atoms with Crippen LogP contribution in [0.1, 0.15) is 17.9 Å². The third kappa shape index (κ3) is 3.07. The molecule has 1 aromatic rings. The monoisotopic (exact) mass is 247 g/mol. The van der Waals surface area contributed by atoms with Gasteiger partial charge in [0.1, 0.15) is 0 Å². The molecule has 18 heavy (non-hydrogen) atoms. The Morgan fingerprint density at radius 1 is 1.22 bits per heavy atom. The third-order valence-corrected chi connectivity index (χ3v) is 2.97. The fourth-order valence-corrected chi connectivity index (χ4v) is 1.92. The van der Waals surface area contributed by atoms with Gasteiger partial charge in [0.2, 0.25) is 0 Å². The van der Waals surface area contributed by atoms with Crippen LogP contribution in [0.4, 0.5) is 0 Å². The molecule has 2 amide bonds. The standard InChI is InChI=1S/C13H17N3O2/c14-6-7-15-12(17)13(18)16-11-8-10(11)9-4-2-1-3-5-9/h1-5,10-11H,6-8,14H2,(H,15,17)(H,16,18). The van der Waals surface area contributed by atoms with Crippen molar-refractivity contribution in [3.05, 3.63) is 35.9 Å². The van der Waals surface area contributed by atoms with Gasteiger partial charge >= 0.3 is 11.8 Å². The first-order valence-electron chi connectivity index (χ1n) is 6.06. The van der Waals surface area contributed by atoms with Crippen LogP contribution in [0.25, 0.3) is 0 Å². The highest BCUT2D eigenvalue weighted by molar-refractivity contribution is 6.35. The number of rotatable bonds is 4. The van der Waals surface area contributed by atoms with Crippen LogP contribution in [0.3, 0.4) is 0 Å². The van der Waals surface area contributed by atoms with Crippen molar-refractivity contribution in [2.45, 2.75) is 18.4 Å². The molecule has 1 aliphatic carbocycles. The van der Waals surface area contributed by atoms with Crippen molar-refractivity contribution in [1.29, 1.82) is 0 Å². The summed E-state index contributed by atoms with van der Waals surface area (Å²) in [5.74, 6) is -0.858. The zero-order valence-corrected chi connectivity index (χ0v) is 10.1. The molecule has 1 saturated carbocycles. The van der Waals surface area contributed by atoms with Crippen molar-refractivity contribution in [2.75, 3.05) is 13.1 Å². The van der Waals surface area contributed by atoms with Crippen molar-refractivity contribution < 1.29 is 9.59 Å². The molecular formula is C13H17N3O2. The van der Waals surface area contributed by atoms with Gasteiger partial charge in [0, 0.05) is 25.0 Å². The van der Waals surface area contributed by atoms with Crippen LogP contribution in [-0.4, -0.2) is 30.9 Å². The fourth-order valence-electron chi connectivity index (χ4n) is 1.92. The van der Waals surface area contributed by atoms with E-state index in [0.29, 0.717) is 19.0 Å². The Morgan fingerprint density at radius 2 is 1.94 bits per heavy atom. The zero-order chi connectivity index (χ0) is 13.0. The average Bonchev–Trinajstić information content (AvgIpc) is 3.16. The summed E-state index contributed by atoms with van der Waals surface area (Å²) >= 11 is 0. The van der Waals surface area contributed by atoms with Crippen LogP contribution < -0.4 is 16.4 Å². The molecule has 2 rings (SSSR count). The lowest BCUT2D eigenvalue weighted by Gasteiger charge is -2.05. The second-order valence-corrected chi connectivity index (χ2v) is 4.38. The summed E-state index contributed by atoms with van der Waals surface area (Å²) in [4.78, 5) is 22.8. The zero-order valence-electron chi connectivity index (χ0n) is 10.1. The number of amides is 2. The lowest BCUT2D eigenvalue weighted by molar-refractivity contribution is -0.139. The summed E-state index contributed by atoms with van der Waals surface area (Å²) in [6.45, 7) is 0.647. The summed E-state index contributed by atoms with van der Waals surface area (Å²) in [7, 11) is 0. The Hall–Kier alpha value is -1.88. The first-order valence-corrected chi connectivity index (χ1v) is 6.06. The molecule has 2 atom stereocenters. The van der Waals surface area contributed by atoms with E-state index < -0.39 is 11.8 Å². The highest BCUT2D eigenvalue weighted by atomic mass is 16.2. The SMILES string of the molecule is NCCNC(=O)C(=O)NC1CC1c1ccccc1. The number of nitrogens with two attached hydrogens (primary N) is 1. The molecule has 0 bridgehead atoms. The van der Waals surface area contributed by atoms with E-state index in [1.165, 1.54) is 5.56 Å². The number of benzene rings is 1. The highest BCUT2D eigenvalue weighted by Crippen LogP contribution is 2.40. The molecule has 5 heteroatoms. The molecule has 0 heterocycles. The molecule has 0 spiro atoms. The fraction of sp³-hybridized carbons (Fsp3) is 0.385. The van der Waals surface area contributed by atoms with Gasteiger partial charge in [0.15, 0.2) is 0 Å². The first kappa shape index (κ1) is 12.6. The summed E-state index contributed by atoms with van der Waals surface area (Å²) in [6, 6.07) is 10.0. The maximum absolute atomic E-state index is 11.5. The van der Waals surface area contributed by atoms with Crippen molar-refractivity contribution in [3.8, 4) is 0 Å². The van der Waals surface area contributed by atoms with Gasteiger partial charge < -0.3 is 16.4 Å². The van der Waals surface area contributed by atoms with Crippen molar-refractivity contribution in [1.82, 2.24) is 10.6 Å². The number of hydrogen-bond donors (Lipinski definition) is 3. The van der Waals surface area contributed by atoms with E-state index in [-0.39, 0.29) is 6.04 Å². The van der Waals surface area contributed by atoms with Gasteiger partial charge in [-0.2, -0.15) is 0 Å². The van der Waals surface area contributed by atoms with E-state index in [1.54, 1.807) is 0 Å². The van der Waals surface area contributed by atoms with Crippen molar-refractivity contribution in [3.63, 3.8) is 0 Å². The van der Waals surface area contributed by atoms with Crippen molar-refractivity contribution >= 4 is 11.8 Å². The maximum Gasteiger partial charge on any atom is 0.309 e. The van der Waals surface area contributed by atoms with Gasteiger partial charge in [-0.25, -0.2) is 0 Å². The molecule has 0 aromatic heterocycles. The van der Waals surface area contributed by atoms with Gasteiger partial charge in [-0.3, -0.25) is 9.59 Å². The lowest BCUT2D eigenvalue weighted by Crippen LogP contribution is -2.42. The normalized spacial score (nSPS) is 21.2. The summed E-state index contributed by atoms with van der Waals surface area (Å²) in [5, 5.41) is 5.16. The van der Waals surface area contributed by atoms with Gasteiger partial charge in [0.05, 0.1) is 0 Å². The molecule has 4 N–H and O–H groups in total. The van der Waals surface area contributed by atoms with Crippen LogP contribution in [-0.2, 0) is 9.59 Å². The predicted octanol–water partition coefficient (Wildman–Crippen LogP) is -0.266. The lowest BCUT2D eigenvalue weighted by atomic mass is 10.1. The van der Waals surface area contributed by atoms with Crippen LogP contribution in [0, 0.1) is 0 Å². The van der Waals surface area contributed by atoms with Crippen LogP contribution >= 0.6 is 0 Å². The van der Waals surface area contributed by atoms with Crippen LogP contribution in [0.2, 0.25) is 0 Å². The molecule has 1 fully saturated rings. The average molecular weight is 247 g/mol. The van der Waals surface area contributed by atoms with E-state index in [4.69, 9.17) is 5.73 Å². The minimum Gasteiger partial charge on any atom is -0.347 e.